The summed E-state index contributed by atoms with van der Waals surface area (Å²) in [4.78, 5) is 10.8. The van der Waals surface area contributed by atoms with E-state index in [9.17, 15) is 0 Å². The van der Waals surface area contributed by atoms with Gasteiger partial charge in [0.15, 0.2) is 5.82 Å². The molecule has 0 saturated heterocycles. The average Bonchev–Trinajstić information content (AvgIpc) is 3.53. The lowest BCUT2D eigenvalue weighted by Crippen LogP contribution is -2.29. The highest BCUT2D eigenvalue weighted by atomic mass is 15.1. The topological polar surface area (TPSA) is 30.7 Å². The van der Waals surface area contributed by atoms with Crippen LogP contribution in [0.3, 0.4) is 0 Å². The fraction of sp³-hybridized carbons (Fsp3) is 0.0500. The summed E-state index contributed by atoms with van der Waals surface area (Å²) < 4.78 is 2.42. The first-order valence-electron chi connectivity index (χ1n) is 14.9. The molecule has 0 amide bonds. The van der Waals surface area contributed by atoms with Crippen LogP contribution in [0.2, 0.25) is 0 Å². The Kier molecular flexibility index (Phi) is 4.32. The number of rotatable bonds is 2. The van der Waals surface area contributed by atoms with E-state index in [0.717, 1.165) is 22.9 Å². The van der Waals surface area contributed by atoms with Gasteiger partial charge in [0.1, 0.15) is 5.82 Å². The molecule has 1 aliphatic heterocycles. The molecular formula is C40H25N3. The highest BCUT2D eigenvalue weighted by Gasteiger charge is 2.49. The molecule has 200 valence electrons. The molecule has 3 heterocycles. The van der Waals surface area contributed by atoms with E-state index in [0.29, 0.717) is 0 Å². The predicted molar refractivity (Wildman–Crippen MR) is 176 cm³/mol. The maximum Gasteiger partial charge on any atom is 0.162 e. The monoisotopic (exact) mass is 547 g/mol. The van der Waals surface area contributed by atoms with Crippen molar-refractivity contribution in [3.8, 4) is 39.6 Å². The van der Waals surface area contributed by atoms with Gasteiger partial charge in [0, 0.05) is 27.5 Å². The smallest absolute Gasteiger partial charge is 0.162 e. The van der Waals surface area contributed by atoms with Crippen LogP contribution in [0, 0.1) is 0 Å². The van der Waals surface area contributed by atoms with Crippen molar-refractivity contribution in [1.29, 1.82) is 0 Å². The van der Waals surface area contributed by atoms with Crippen LogP contribution in [0.4, 0.5) is 0 Å². The Bertz CT molecular complexity index is 2460. The summed E-state index contributed by atoms with van der Waals surface area (Å²) in [5.41, 5.74) is 11.5. The first-order valence-corrected chi connectivity index (χ1v) is 14.9. The lowest BCUT2D eigenvalue weighted by molar-refractivity contribution is 0.690. The molecule has 6 aromatic carbocycles. The van der Waals surface area contributed by atoms with Gasteiger partial charge in [-0.05, 0) is 58.1 Å². The molecule has 2 aromatic heterocycles. The Morgan fingerprint density at radius 2 is 1.28 bits per heavy atom. The van der Waals surface area contributed by atoms with Gasteiger partial charge in [0.2, 0.25) is 0 Å². The van der Waals surface area contributed by atoms with Crippen LogP contribution >= 0.6 is 0 Å². The first-order chi connectivity index (χ1) is 21.2. The zero-order valence-corrected chi connectivity index (χ0v) is 23.5. The first kappa shape index (κ1) is 23.1. The third kappa shape index (κ3) is 2.89. The summed E-state index contributed by atoms with van der Waals surface area (Å²) in [7, 11) is 0. The highest BCUT2D eigenvalue weighted by Crippen LogP contribution is 2.59. The number of para-hydroxylation sites is 1. The van der Waals surface area contributed by atoms with Gasteiger partial charge in [-0.1, -0.05) is 115 Å². The summed E-state index contributed by atoms with van der Waals surface area (Å²) in [6, 6.07) is 48.1. The van der Waals surface area contributed by atoms with E-state index in [1.807, 2.05) is 6.07 Å². The highest BCUT2D eigenvalue weighted by molar-refractivity contribution is 6.16. The third-order valence-corrected chi connectivity index (χ3v) is 9.75. The molecular weight excluding hydrogens is 522 g/mol. The molecule has 1 aliphatic carbocycles. The molecule has 0 bridgehead atoms. The van der Waals surface area contributed by atoms with Gasteiger partial charge in [-0.25, -0.2) is 9.97 Å². The van der Waals surface area contributed by atoms with Crippen molar-refractivity contribution in [3.05, 3.63) is 150 Å². The summed E-state index contributed by atoms with van der Waals surface area (Å²) in [5, 5.41) is 5.00. The largest absolute Gasteiger partial charge is 0.293 e. The van der Waals surface area contributed by atoms with E-state index in [4.69, 9.17) is 9.97 Å². The van der Waals surface area contributed by atoms with E-state index in [1.54, 1.807) is 0 Å². The van der Waals surface area contributed by atoms with Crippen molar-refractivity contribution in [2.24, 2.45) is 0 Å². The zero-order chi connectivity index (χ0) is 28.3. The van der Waals surface area contributed by atoms with Crippen molar-refractivity contribution >= 4 is 32.6 Å². The molecule has 1 atom stereocenters. The molecule has 1 unspecified atom stereocenters. The van der Waals surface area contributed by atoms with Gasteiger partial charge in [-0.2, -0.15) is 0 Å². The standard InChI is InChI=1S/C40H25N3/c1-40-32-18-10-17-29-31-21-26-15-8-9-16-27(26)23-34(31)43(37(29)32)39-35(40)36(41-38(42-39)25-13-6-3-7-14-25)30-20-19-28(22-33(30)40)24-11-4-2-5-12-24/h2-23H,1H3. The number of fused-ring (bicyclic) bond motifs is 9. The quantitative estimate of drug-likeness (QED) is 0.216. The predicted octanol–water partition coefficient (Wildman–Crippen LogP) is 9.71. The van der Waals surface area contributed by atoms with Crippen LogP contribution in [0.15, 0.2) is 133 Å². The lowest BCUT2D eigenvalue weighted by atomic mass is 9.72. The molecule has 3 heteroatoms. The number of hydrogen-bond donors (Lipinski definition) is 0. The van der Waals surface area contributed by atoms with Gasteiger partial charge in [-0.3, -0.25) is 4.57 Å². The van der Waals surface area contributed by atoms with Crippen molar-refractivity contribution in [2.45, 2.75) is 12.3 Å². The van der Waals surface area contributed by atoms with Crippen LogP contribution in [0.5, 0.6) is 0 Å². The Balaban J connectivity index is 1.39. The SMILES string of the molecule is CC12c3cc(-c4ccccc4)ccc3-c3nc(-c4ccccc4)nc(c31)-n1c3cc4ccccc4cc3c3cccc2c31. The second kappa shape index (κ2) is 8.05. The van der Waals surface area contributed by atoms with E-state index in [1.165, 1.54) is 66.0 Å². The van der Waals surface area contributed by atoms with Crippen LogP contribution < -0.4 is 0 Å². The molecule has 0 N–H and O–H groups in total. The molecule has 0 fully saturated rings. The lowest BCUT2D eigenvalue weighted by Gasteiger charge is -2.34. The minimum Gasteiger partial charge on any atom is -0.293 e. The normalized spacial score (nSPS) is 16.1. The van der Waals surface area contributed by atoms with Gasteiger partial charge in [-0.15, -0.1) is 0 Å². The Labute approximate surface area is 248 Å². The molecule has 0 saturated carbocycles. The minimum atomic E-state index is -0.399. The Morgan fingerprint density at radius 3 is 2.07 bits per heavy atom. The van der Waals surface area contributed by atoms with Gasteiger partial charge >= 0.3 is 0 Å². The molecule has 0 radical (unpaired) electrons. The number of nitrogens with zero attached hydrogens (tertiary/aromatic N) is 3. The summed E-state index contributed by atoms with van der Waals surface area (Å²) in [5.74, 6) is 1.74. The maximum absolute atomic E-state index is 5.42. The molecule has 0 spiro atoms. The number of benzene rings is 6. The fourth-order valence-electron chi connectivity index (χ4n) is 7.75. The van der Waals surface area contributed by atoms with E-state index >= 15 is 0 Å². The summed E-state index contributed by atoms with van der Waals surface area (Å²) in [6.07, 6.45) is 0. The molecule has 8 aromatic rings. The van der Waals surface area contributed by atoms with E-state index in [-0.39, 0.29) is 0 Å². The van der Waals surface area contributed by atoms with Crippen LogP contribution in [0.25, 0.3) is 72.2 Å². The average molecular weight is 548 g/mol. The molecule has 2 aliphatic rings. The molecule has 3 nitrogen and oxygen atoms in total. The molecule has 43 heavy (non-hydrogen) atoms. The van der Waals surface area contributed by atoms with Crippen LogP contribution in [-0.4, -0.2) is 14.5 Å². The van der Waals surface area contributed by atoms with E-state index in [2.05, 4.69) is 139 Å². The maximum atomic E-state index is 5.42. The third-order valence-electron chi connectivity index (χ3n) is 9.75. The fourth-order valence-corrected chi connectivity index (χ4v) is 7.75. The second-order valence-corrected chi connectivity index (χ2v) is 12.0. The summed E-state index contributed by atoms with van der Waals surface area (Å²) >= 11 is 0. The van der Waals surface area contributed by atoms with Gasteiger partial charge < -0.3 is 0 Å². The van der Waals surface area contributed by atoms with Crippen molar-refractivity contribution in [3.63, 3.8) is 0 Å². The minimum absolute atomic E-state index is 0.399. The number of aromatic nitrogens is 3. The van der Waals surface area contributed by atoms with Crippen molar-refractivity contribution in [2.75, 3.05) is 0 Å². The summed E-state index contributed by atoms with van der Waals surface area (Å²) in [6.45, 7) is 2.38. The van der Waals surface area contributed by atoms with Crippen LogP contribution in [-0.2, 0) is 5.41 Å². The van der Waals surface area contributed by atoms with Gasteiger partial charge in [0.05, 0.1) is 22.1 Å². The zero-order valence-electron chi connectivity index (χ0n) is 23.5. The Morgan fingerprint density at radius 1 is 0.558 bits per heavy atom. The van der Waals surface area contributed by atoms with E-state index < -0.39 is 5.41 Å². The van der Waals surface area contributed by atoms with Crippen molar-refractivity contribution in [1.82, 2.24) is 14.5 Å². The van der Waals surface area contributed by atoms with Gasteiger partial charge in [0.25, 0.3) is 0 Å². The van der Waals surface area contributed by atoms with Crippen molar-refractivity contribution < 1.29 is 0 Å². The Hall–Kier alpha value is -5.54. The van der Waals surface area contributed by atoms with Crippen LogP contribution in [0.1, 0.15) is 23.6 Å². The second-order valence-electron chi connectivity index (χ2n) is 12.0. The number of hydrogen-bond acceptors (Lipinski definition) is 2. The molecule has 10 rings (SSSR count).